The zero-order valence-corrected chi connectivity index (χ0v) is 14.3. The molecule has 0 unspecified atom stereocenters. The third-order valence-electron chi connectivity index (χ3n) is 5.50. The van der Waals surface area contributed by atoms with Gasteiger partial charge in [-0.1, -0.05) is 12.1 Å². The molecule has 3 aliphatic heterocycles. The fraction of sp³-hybridized carbons (Fsp3) is 0.318. The van der Waals surface area contributed by atoms with Crippen LogP contribution in [0.2, 0.25) is 0 Å². The normalized spacial score (nSPS) is 20.1. The van der Waals surface area contributed by atoms with Gasteiger partial charge in [-0.3, -0.25) is 4.79 Å². The number of ether oxygens (including phenoxy) is 1. The number of nitrogens with zero attached hydrogens (tertiary/aromatic N) is 1. The van der Waals surface area contributed by atoms with Gasteiger partial charge in [0.25, 0.3) is 0 Å². The summed E-state index contributed by atoms with van der Waals surface area (Å²) in [4.78, 5) is 15.3. The topological polar surface area (TPSA) is 29.5 Å². The van der Waals surface area contributed by atoms with E-state index in [1.807, 2.05) is 30.3 Å². The molecule has 0 atom stereocenters. The number of rotatable bonds is 1. The number of carbonyl (C=O) groups is 1. The van der Waals surface area contributed by atoms with Crippen molar-refractivity contribution in [1.82, 2.24) is 0 Å². The second-order valence-electron chi connectivity index (χ2n) is 7.17. The summed E-state index contributed by atoms with van der Waals surface area (Å²) >= 11 is 0. The average molecular weight is 331 g/mol. The Bertz CT molecular complexity index is 866. The summed E-state index contributed by atoms with van der Waals surface area (Å²) in [5.74, 6) is 0.788. The summed E-state index contributed by atoms with van der Waals surface area (Å²) in [7, 11) is 0. The Labute approximate surface area is 147 Å². The molecule has 3 heteroatoms. The largest absolute Gasteiger partial charge is 0.488 e. The van der Waals surface area contributed by atoms with Crippen LogP contribution in [0.5, 0.6) is 5.75 Å². The molecule has 0 fully saturated rings. The molecule has 2 aromatic carbocycles. The Balaban J connectivity index is 1.55. The second kappa shape index (κ2) is 5.76. The summed E-state index contributed by atoms with van der Waals surface area (Å²) < 4.78 is 5.78. The first kappa shape index (κ1) is 14.8. The summed E-state index contributed by atoms with van der Waals surface area (Å²) in [6, 6.07) is 12.1. The number of aryl methyl sites for hydroxylation is 2. The number of Topliss-reactive ketones (excluding diaryl/α,β-unsaturated/α-hetero) is 1. The van der Waals surface area contributed by atoms with Gasteiger partial charge in [-0.25, -0.2) is 0 Å². The third kappa shape index (κ3) is 2.46. The van der Waals surface area contributed by atoms with E-state index in [4.69, 9.17) is 4.74 Å². The van der Waals surface area contributed by atoms with Crippen LogP contribution in [0, 0.1) is 0 Å². The van der Waals surface area contributed by atoms with E-state index in [2.05, 4.69) is 17.0 Å². The molecular weight excluding hydrogens is 310 g/mol. The van der Waals surface area contributed by atoms with Crippen molar-refractivity contribution in [3.8, 4) is 5.75 Å². The summed E-state index contributed by atoms with van der Waals surface area (Å²) in [6.45, 7) is 2.72. The minimum atomic E-state index is 0.0924. The fourth-order valence-electron chi connectivity index (χ4n) is 4.40. The number of benzene rings is 2. The van der Waals surface area contributed by atoms with Gasteiger partial charge in [0.05, 0.1) is 5.56 Å². The van der Waals surface area contributed by atoms with E-state index in [0.29, 0.717) is 17.9 Å². The Morgan fingerprint density at radius 2 is 1.72 bits per heavy atom. The SMILES string of the molecule is O=C1/C(=C\c2cc3c4c(c2)CCCN4CCC3)COc2ccccc21. The van der Waals surface area contributed by atoms with Crippen molar-refractivity contribution in [3.63, 3.8) is 0 Å². The van der Waals surface area contributed by atoms with Gasteiger partial charge in [-0.2, -0.15) is 0 Å². The van der Waals surface area contributed by atoms with Gasteiger partial charge in [-0.15, -0.1) is 0 Å². The smallest absolute Gasteiger partial charge is 0.196 e. The number of anilines is 1. The molecule has 0 aliphatic carbocycles. The average Bonchev–Trinajstić information content (AvgIpc) is 2.65. The van der Waals surface area contributed by atoms with Gasteiger partial charge in [-0.05, 0) is 72.7 Å². The van der Waals surface area contributed by atoms with Crippen LogP contribution >= 0.6 is 0 Å². The standard InChI is InChI=1S/C22H21NO2/c24-22-18(14-25-20-8-2-1-7-19(20)22)13-15-11-16-5-3-9-23-10-4-6-17(12-15)21(16)23/h1-2,7-8,11-13H,3-6,9-10,14H2/b18-13-. The number of para-hydroxylation sites is 1. The van der Waals surface area contributed by atoms with Crippen molar-refractivity contribution >= 4 is 17.5 Å². The summed E-state index contributed by atoms with van der Waals surface area (Å²) in [6.07, 6.45) is 6.76. The molecule has 0 saturated heterocycles. The van der Waals surface area contributed by atoms with E-state index in [9.17, 15) is 4.79 Å². The number of carbonyl (C=O) groups excluding carboxylic acids is 1. The van der Waals surface area contributed by atoms with E-state index in [1.54, 1.807) is 0 Å². The van der Waals surface area contributed by atoms with Crippen molar-refractivity contribution < 1.29 is 9.53 Å². The van der Waals surface area contributed by atoms with Crippen molar-refractivity contribution in [1.29, 1.82) is 0 Å². The third-order valence-corrected chi connectivity index (χ3v) is 5.50. The van der Waals surface area contributed by atoms with Crippen molar-refractivity contribution in [3.05, 3.63) is 64.2 Å². The van der Waals surface area contributed by atoms with Crippen molar-refractivity contribution in [2.75, 3.05) is 24.6 Å². The number of hydrogen-bond donors (Lipinski definition) is 0. The van der Waals surface area contributed by atoms with Crippen LogP contribution in [0.1, 0.15) is 39.9 Å². The second-order valence-corrected chi connectivity index (χ2v) is 7.17. The molecule has 3 heterocycles. The molecule has 5 rings (SSSR count). The lowest BCUT2D eigenvalue weighted by molar-refractivity contribution is 0.100. The van der Waals surface area contributed by atoms with Gasteiger partial charge in [0, 0.05) is 24.4 Å². The van der Waals surface area contributed by atoms with Gasteiger partial charge < -0.3 is 9.64 Å². The molecule has 0 aromatic heterocycles. The Kier molecular flexibility index (Phi) is 3.40. The maximum Gasteiger partial charge on any atom is 0.196 e. The lowest BCUT2D eigenvalue weighted by Gasteiger charge is -2.37. The molecule has 0 N–H and O–H groups in total. The number of hydrogen-bond acceptors (Lipinski definition) is 3. The number of ketones is 1. The zero-order valence-electron chi connectivity index (χ0n) is 14.3. The fourth-order valence-corrected chi connectivity index (χ4v) is 4.40. The van der Waals surface area contributed by atoms with E-state index in [1.165, 1.54) is 42.7 Å². The first-order chi connectivity index (χ1) is 12.3. The monoisotopic (exact) mass is 331 g/mol. The van der Waals surface area contributed by atoms with Gasteiger partial charge >= 0.3 is 0 Å². The maximum atomic E-state index is 12.8. The van der Waals surface area contributed by atoms with Gasteiger partial charge in [0.2, 0.25) is 0 Å². The molecule has 3 aliphatic rings. The van der Waals surface area contributed by atoms with E-state index in [-0.39, 0.29) is 5.78 Å². The lowest BCUT2D eigenvalue weighted by atomic mass is 9.89. The highest BCUT2D eigenvalue weighted by Crippen LogP contribution is 2.37. The van der Waals surface area contributed by atoms with E-state index in [0.717, 1.165) is 24.0 Å². The first-order valence-electron chi connectivity index (χ1n) is 9.17. The predicted octanol–water partition coefficient (Wildman–Crippen LogP) is 4.04. The highest BCUT2D eigenvalue weighted by Gasteiger charge is 2.25. The van der Waals surface area contributed by atoms with E-state index < -0.39 is 0 Å². The van der Waals surface area contributed by atoms with E-state index >= 15 is 0 Å². The summed E-state index contributed by atoms with van der Waals surface area (Å²) in [5, 5.41) is 0. The minimum Gasteiger partial charge on any atom is -0.488 e. The van der Waals surface area contributed by atoms with Crippen LogP contribution in [0.3, 0.4) is 0 Å². The molecule has 25 heavy (non-hydrogen) atoms. The van der Waals surface area contributed by atoms with Crippen LogP contribution in [-0.2, 0) is 12.8 Å². The molecule has 3 nitrogen and oxygen atoms in total. The lowest BCUT2D eigenvalue weighted by Crippen LogP contribution is -2.34. The van der Waals surface area contributed by atoms with Crippen molar-refractivity contribution in [2.45, 2.75) is 25.7 Å². The Morgan fingerprint density at radius 3 is 2.48 bits per heavy atom. The van der Waals surface area contributed by atoms with Crippen LogP contribution in [0.4, 0.5) is 5.69 Å². The Morgan fingerprint density at radius 1 is 1.00 bits per heavy atom. The molecule has 126 valence electrons. The van der Waals surface area contributed by atoms with Crippen LogP contribution in [-0.4, -0.2) is 25.5 Å². The predicted molar refractivity (Wildman–Crippen MR) is 99.5 cm³/mol. The quantitative estimate of drug-likeness (QED) is 0.739. The maximum absolute atomic E-state index is 12.8. The van der Waals surface area contributed by atoms with Crippen LogP contribution < -0.4 is 9.64 Å². The van der Waals surface area contributed by atoms with Crippen molar-refractivity contribution in [2.24, 2.45) is 0 Å². The molecule has 0 amide bonds. The molecular formula is C22H21NO2. The highest BCUT2D eigenvalue weighted by atomic mass is 16.5. The van der Waals surface area contributed by atoms with Crippen LogP contribution in [0.15, 0.2) is 42.0 Å². The molecule has 0 radical (unpaired) electrons. The minimum absolute atomic E-state index is 0.0924. The molecule has 0 bridgehead atoms. The Hall–Kier alpha value is -2.55. The molecule has 0 saturated carbocycles. The van der Waals surface area contributed by atoms with Gasteiger partial charge in [0.15, 0.2) is 5.78 Å². The zero-order chi connectivity index (χ0) is 16.8. The van der Waals surface area contributed by atoms with Gasteiger partial charge in [0.1, 0.15) is 12.4 Å². The van der Waals surface area contributed by atoms with Crippen LogP contribution in [0.25, 0.3) is 6.08 Å². The summed E-state index contributed by atoms with van der Waals surface area (Å²) in [5.41, 5.74) is 6.92. The molecule has 2 aromatic rings. The first-order valence-corrected chi connectivity index (χ1v) is 9.17. The highest BCUT2D eigenvalue weighted by molar-refractivity contribution is 6.14. The molecule has 0 spiro atoms. The number of fused-ring (bicyclic) bond motifs is 1.